The maximum atomic E-state index is 14.0. The predicted molar refractivity (Wildman–Crippen MR) is 169 cm³/mol. The highest BCUT2D eigenvalue weighted by Crippen LogP contribution is 2.46. The second kappa shape index (κ2) is 10.8. The summed E-state index contributed by atoms with van der Waals surface area (Å²) in [6, 6.07) is 24.0. The fourth-order valence-electron chi connectivity index (χ4n) is 6.01. The fourth-order valence-corrected chi connectivity index (χ4v) is 6.01. The normalized spacial score (nSPS) is 16.8. The fraction of sp³-hybridized carbons (Fsp3) is 0.294. The van der Waals surface area contributed by atoms with Crippen molar-refractivity contribution in [3.8, 4) is 6.07 Å². The second-order valence-electron chi connectivity index (χ2n) is 12.0. The predicted octanol–water partition coefficient (Wildman–Crippen LogP) is 6.56. The van der Waals surface area contributed by atoms with Gasteiger partial charge in [0.2, 0.25) is 0 Å². The highest BCUT2D eigenvalue weighted by atomic mass is 19.1. The molecule has 1 unspecified atom stereocenters. The van der Waals surface area contributed by atoms with Crippen molar-refractivity contribution in [1.29, 1.82) is 5.26 Å². The van der Waals surface area contributed by atoms with Crippen LogP contribution in [0.1, 0.15) is 85.0 Å². The van der Waals surface area contributed by atoms with Gasteiger partial charge in [0, 0.05) is 17.3 Å². The lowest BCUT2D eigenvalue weighted by atomic mass is 9.69. The molecule has 2 aliphatic rings. The number of nitrogens with one attached hydrogen (secondary N) is 2. The van der Waals surface area contributed by atoms with E-state index in [4.69, 9.17) is 4.98 Å². The Bertz CT molecular complexity index is 1820. The molecule has 2 aromatic heterocycles. The van der Waals surface area contributed by atoms with Crippen molar-refractivity contribution >= 4 is 30.1 Å². The molecule has 7 rings (SSSR count). The molecule has 5 aromatic rings. The molecule has 0 radical (unpaired) electrons. The Labute approximate surface area is 251 Å². The number of hydrogen-bond acceptors (Lipinski definition) is 6. The van der Waals surface area contributed by atoms with E-state index >= 15 is 0 Å². The average molecular weight is 569 g/mol. The topological polar surface area (TPSA) is 91.5 Å². The Hall–Kier alpha value is -4.71. The highest BCUT2D eigenvalue weighted by Gasteiger charge is 2.35. The van der Waals surface area contributed by atoms with Crippen molar-refractivity contribution in [1.82, 2.24) is 20.0 Å². The largest absolute Gasteiger partial charge is 0.378 e. The van der Waals surface area contributed by atoms with Gasteiger partial charge < -0.3 is 10.6 Å². The van der Waals surface area contributed by atoms with Gasteiger partial charge in [-0.05, 0) is 79.0 Å². The molecule has 0 bridgehead atoms. The zero-order valence-corrected chi connectivity index (χ0v) is 24.4. The smallest absolute Gasteiger partial charge is 0.148 e. The SMILES string of the molecule is BC(Nc1cc(C2CC2)c2ncc(C#N)c(N[C@H](CC)c3ccccc3)c2c1)(c1ccc(F)cc1)c1cn(C2CC2)nn1. The third kappa shape index (κ3) is 5.23. The zero-order valence-electron chi connectivity index (χ0n) is 24.4. The molecule has 9 heteroatoms. The van der Waals surface area contributed by atoms with Crippen molar-refractivity contribution in [2.75, 3.05) is 10.6 Å². The van der Waals surface area contributed by atoms with Crippen LogP contribution in [0.25, 0.3) is 10.9 Å². The van der Waals surface area contributed by atoms with Crippen molar-refractivity contribution in [3.63, 3.8) is 0 Å². The molecular formula is C34H33BFN7. The molecule has 0 spiro atoms. The Balaban J connectivity index is 1.37. The lowest BCUT2D eigenvalue weighted by Gasteiger charge is -2.31. The molecule has 0 amide bonds. The van der Waals surface area contributed by atoms with Crippen LogP contribution >= 0.6 is 0 Å². The second-order valence-corrected chi connectivity index (χ2v) is 12.0. The van der Waals surface area contributed by atoms with Crippen LogP contribution in [0.15, 0.2) is 79.1 Å². The van der Waals surface area contributed by atoms with E-state index in [1.807, 2.05) is 29.1 Å². The van der Waals surface area contributed by atoms with Crippen LogP contribution in [0, 0.1) is 17.1 Å². The van der Waals surface area contributed by atoms with Crippen LogP contribution in [0.2, 0.25) is 0 Å². The number of hydrogen-bond donors (Lipinski definition) is 2. The number of nitrogens with zero attached hydrogens (tertiary/aromatic N) is 5. The number of halogens is 1. The van der Waals surface area contributed by atoms with Crippen LogP contribution in [-0.4, -0.2) is 27.8 Å². The Morgan fingerprint density at radius 1 is 1.09 bits per heavy atom. The van der Waals surface area contributed by atoms with E-state index in [0.29, 0.717) is 17.5 Å². The monoisotopic (exact) mass is 569 g/mol. The zero-order chi connectivity index (χ0) is 29.6. The molecule has 7 nitrogen and oxygen atoms in total. The quantitative estimate of drug-likeness (QED) is 0.185. The molecule has 0 saturated heterocycles. The van der Waals surface area contributed by atoms with Gasteiger partial charge >= 0.3 is 0 Å². The number of pyridine rings is 1. The minimum absolute atomic E-state index is 0.0295. The van der Waals surface area contributed by atoms with E-state index < -0.39 is 5.44 Å². The average Bonchev–Trinajstić information content (AvgIpc) is 3.98. The standard InChI is InChI=1S/C34H33BFN7/c1-2-30(22-6-4-3-5-7-22)39-32-23(18-37)19-38-33-28(21-8-9-21)16-26(17-29(32)33)40-34(35,24-10-12-25(36)13-11-24)31-20-43(42-41-31)27-14-15-27/h3-7,10-13,16-17,19-21,27,30,40H,2,8-9,14-15,35H2,1H3,(H,38,39)/t30-,34?/m1/s1. The first-order valence-electron chi connectivity index (χ1n) is 15.1. The third-order valence-electron chi connectivity index (χ3n) is 8.83. The molecular weight excluding hydrogens is 536 g/mol. The van der Waals surface area contributed by atoms with Crippen LogP contribution in [-0.2, 0) is 5.44 Å². The van der Waals surface area contributed by atoms with Crippen LogP contribution in [0.5, 0.6) is 0 Å². The number of fused-ring (bicyclic) bond motifs is 1. The number of anilines is 2. The molecule has 214 valence electrons. The maximum absolute atomic E-state index is 14.0. The molecule has 2 atom stereocenters. The minimum Gasteiger partial charge on any atom is -0.378 e. The number of rotatable bonds is 10. The molecule has 2 aliphatic carbocycles. The van der Waals surface area contributed by atoms with Crippen molar-refractivity contribution < 1.29 is 4.39 Å². The molecule has 2 heterocycles. The first-order chi connectivity index (χ1) is 21.0. The third-order valence-corrected chi connectivity index (χ3v) is 8.83. The molecule has 0 aliphatic heterocycles. The molecule has 2 N–H and O–H groups in total. The summed E-state index contributed by atoms with van der Waals surface area (Å²) in [6.45, 7) is 2.14. The van der Waals surface area contributed by atoms with Gasteiger partial charge in [0.1, 0.15) is 25.4 Å². The summed E-state index contributed by atoms with van der Waals surface area (Å²) in [7, 11) is 2.06. The van der Waals surface area contributed by atoms with Gasteiger partial charge in [0.25, 0.3) is 0 Å². The number of nitriles is 1. The molecule has 2 fully saturated rings. The lowest BCUT2D eigenvalue weighted by molar-refractivity contribution is 0.610. The van der Waals surface area contributed by atoms with Gasteiger partial charge in [-0.25, -0.2) is 9.07 Å². The van der Waals surface area contributed by atoms with Gasteiger partial charge in [-0.1, -0.05) is 54.6 Å². The number of benzene rings is 3. The van der Waals surface area contributed by atoms with Crippen molar-refractivity contribution in [3.05, 3.63) is 113 Å². The van der Waals surface area contributed by atoms with Gasteiger partial charge in [-0.2, -0.15) is 5.26 Å². The van der Waals surface area contributed by atoms with Crippen LogP contribution in [0.3, 0.4) is 0 Å². The van der Waals surface area contributed by atoms with Crippen molar-refractivity contribution in [2.45, 2.75) is 62.5 Å². The van der Waals surface area contributed by atoms with Gasteiger partial charge in [0.05, 0.1) is 40.5 Å². The summed E-state index contributed by atoms with van der Waals surface area (Å²) in [6.07, 6.45) is 8.97. The Kier molecular flexibility index (Phi) is 6.85. The summed E-state index contributed by atoms with van der Waals surface area (Å²) >= 11 is 0. The summed E-state index contributed by atoms with van der Waals surface area (Å²) in [5, 5.41) is 27.6. The summed E-state index contributed by atoms with van der Waals surface area (Å²) in [5.41, 5.74) is 6.28. The van der Waals surface area contributed by atoms with E-state index in [1.165, 1.54) is 17.7 Å². The van der Waals surface area contributed by atoms with E-state index in [1.54, 1.807) is 18.3 Å². The van der Waals surface area contributed by atoms with E-state index in [9.17, 15) is 9.65 Å². The highest BCUT2D eigenvalue weighted by molar-refractivity contribution is 6.19. The molecule has 3 aromatic carbocycles. The van der Waals surface area contributed by atoms with Gasteiger partial charge in [-0.15, -0.1) is 5.10 Å². The Morgan fingerprint density at radius 2 is 1.86 bits per heavy atom. The minimum atomic E-state index is -0.792. The summed E-state index contributed by atoms with van der Waals surface area (Å²) < 4.78 is 16.0. The van der Waals surface area contributed by atoms with Crippen LogP contribution in [0.4, 0.5) is 15.8 Å². The summed E-state index contributed by atoms with van der Waals surface area (Å²) in [4.78, 5) is 4.82. The van der Waals surface area contributed by atoms with E-state index in [2.05, 4.69) is 66.1 Å². The molecule has 2 saturated carbocycles. The van der Waals surface area contributed by atoms with Crippen molar-refractivity contribution in [2.24, 2.45) is 0 Å². The van der Waals surface area contributed by atoms with Crippen LogP contribution < -0.4 is 10.6 Å². The maximum Gasteiger partial charge on any atom is 0.148 e. The molecule has 43 heavy (non-hydrogen) atoms. The van der Waals surface area contributed by atoms with Gasteiger partial charge in [-0.3, -0.25) is 4.98 Å². The summed E-state index contributed by atoms with van der Waals surface area (Å²) in [5.74, 6) is 0.130. The first-order valence-corrected chi connectivity index (χ1v) is 15.1. The van der Waals surface area contributed by atoms with Gasteiger partial charge in [0.15, 0.2) is 0 Å². The first kappa shape index (κ1) is 27.1. The van der Waals surface area contributed by atoms with E-state index in [-0.39, 0.29) is 11.9 Å². The lowest BCUT2D eigenvalue weighted by Crippen LogP contribution is -2.38. The van der Waals surface area contributed by atoms with E-state index in [0.717, 1.165) is 71.2 Å². The number of aromatic nitrogens is 4. The Morgan fingerprint density at radius 3 is 2.53 bits per heavy atom.